The molecule has 0 saturated heterocycles. The first-order valence-corrected chi connectivity index (χ1v) is 5.65. The van der Waals surface area contributed by atoms with Crippen LogP contribution in [0, 0.1) is 0 Å². The summed E-state index contributed by atoms with van der Waals surface area (Å²) in [7, 11) is 0. The topological polar surface area (TPSA) is 39.2 Å². The molecule has 0 unspecified atom stereocenters. The standard InChI is InChI=1S/C8H5BrCl3NO2/c9-6-1-5(2-13-3-6)7(14)15-4-8(10,11)12/h1-3H,4H2. The van der Waals surface area contributed by atoms with Crippen molar-refractivity contribution in [3.05, 3.63) is 28.5 Å². The van der Waals surface area contributed by atoms with Crippen molar-refractivity contribution in [2.45, 2.75) is 3.79 Å². The van der Waals surface area contributed by atoms with Crippen molar-refractivity contribution < 1.29 is 9.53 Å². The number of hydrogen-bond acceptors (Lipinski definition) is 3. The van der Waals surface area contributed by atoms with Gasteiger partial charge in [0, 0.05) is 16.9 Å². The van der Waals surface area contributed by atoms with Crippen LogP contribution in [0.25, 0.3) is 0 Å². The maximum Gasteiger partial charge on any atom is 0.339 e. The predicted octanol–water partition coefficient (Wildman–Crippen LogP) is 3.37. The predicted molar refractivity (Wildman–Crippen MR) is 62.5 cm³/mol. The number of pyridine rings is 1. The molecule has 1 aromatic rings. The normalized spacial score (nSPS) is 11.2. The van der Waals surface area contributed by atoms with Gasteiger partial charge >= 0.3 is 5.97 Å². The summed E-state index contributed by atoms with van der Waals surface area (Å²) < 4.78 is 3.82. The summed E-state index contributed by atoms with van der Waals surface area (Å²) >= 11 is 19.4. The number of carbonyl (C=O) groups excluding carboxylic acids is 1. The molecule has 0 bridgehead atoms. The molecular weight excluding hydrogens is 328 g/mol. The van der Waals surface area contributed by atoms with Gasteiger partial charge in [-0.15, -0.1) is 0 Å². The third kappa shape index (κ3) is 5.02. The Morgan fingerprint density at radius 3 is 2.67 bits per heavy atom. The van der Waals surface area contributed by atoms with Crippen LogP contribution in [0.15, 0.2) is 22.9 Å². The molecule has 0 aliphatic carbocycles. The van der Waals surface area contributed by atoms with Gasteiger partial charge in [-0.2, -0.15) is 0 Å². The zero-order valence-electron chi connectivity index (χ0n) is 7.21. The number of nitrogens with zero attached hydrogens (tertiary/aromatic N) is 1. The van der Waals surface area contributed by atoms with Gasteiger partial charge in [0.2, 0.25) is 3.79 Å². The Hall–Kier alpha value is -0.0300. The van der Waals surface area contributed by atoms with E-state index in [1.807, 2.05) is 0 Å². The summed E-state index contributed by atoms with van der Waals surface area (Å²) in [6.07, 6.45) is 2.91. The van der Waals surface area contributed by atoms with Crippen LogP contribution in [0.3, 0.4) is 0 Å². The minimum Gasteiger partial charge on any atom is -0.457 e. The average Bonchev–Trinajstić information content (AvgIpc) is 2.13. The second-order valence-corrected chi connectivity index (χ2v) is 6.01. The van der Waals surface area contributed by atoms with E-state index in [-0.39, 0.29) is 6.61 Å². The van der Waals surface area contributed by atoms with E-state index in [0.29, 0.717) is 10.0 Å². The molecule has 0 N–H and O–H groups in total. The second-order valence-electron chi connectivity index (χ2n) is 2.58. The summed E-state index contributed by atoms with van der Waals surface area (Å²) in [6.45, 7) is -0.303. The van der Waals surface area contributed by atoms with Crippen LogP contribution in [0.1, 0.15) is 10.4 Å². The van der Waals surface area contributed by atoms with E-state index in [9.17, 15) is 4.79 Å². The monoisotopic (exact) mass is 331 g/mol. The Kier molecular flexibility index (Phi) is 4.64. The zero-order chi connectivity index (χ0) is 11.5. The van der Waals surface area contributed by atoms with Crippen molar-refractivity contribution in [1.29, 1.82) is 0 Å². The van der Waals surface area contributed by atoms with E-state index >= 15 is 0 Å². The van der Waals surface area contributed by atoms with Gasteiger partial charge in [-0.05, 0) is 22.0 Å². The number of carbonyl (C=O) groups is 1. The molecule has 0 atom stereocenters. The highest BCUT2D eigenvalue weighted by atomic mass is 79.9. The molecule has 15 heavy (non-hydrogen) atoms. The first-order valence-electron chi connectivity index (χ1n) is 3.73. The molecule has 0 aliphatic rings. The Bertz CT molecular complexity index is 367. The Morgan fingerprint density at radius 2 is 2.13 bits per heavy atom. The molecule has 0 radical (unpaired) electrons. The molecule has 0 aromatic carbocycles. The number of alkyl halides is 3. The molecule has 0 saturated carbocycles. The van der Waals surface area contributed by atoms with Crippen molar-refractivity contribution in [3.8, 4) is 0 Å². The minimum atomic E-state index is -1.60. The summed E-state index contributed by atoms with van der Waals surface area (Å²) in [5, 5.41) is 0. The summed E-state index contributed by atoms with van der Waals surface area (Å²) in [4.78, 5) is 15.2. The van der Waals surface area contributed by atoms with E-state index in [1.54, 1.807) is 12.3 Å². The van der Waals surface area contributed by atoms with Crippen LogP contribution < -0.4 is 0 Å². The molecule has 82 valence electrons. The SMILES string of the molecule is O=C(OCC(Cl)(Cl)Cl)c1cncc(Br)c1. The number of rotatable bonds is 2. The van der Waals surface area contributed by atoms with Gasteiger partial charge in [-0.1, -0.05) is 34.8 Å². The van der Waals surface area contributed by atoms with Gasteiger partial charge in [0.05, 0.1) is 5.56 Å². The second kappa shape index (κ2) is 5.34. The molecule has 3 nitrogen and oxygen atoms in total. The molecule has 0 amide bonds. The van der Waals surface area contributed by atoms with Gasteiger partial charge in [-0.25, -0.2) is 4.79 Å². The highest BCUT2D eigenvalue weighted by Gasteiger charge is 2.22. The van der Waals surface area contributed by atoms with Crippen LogP contribution in [0.4, 0.5) is 0 Å². The lowest BCUT2D eigenvalue weighted by atomic mass is 10.3. The van der Waals surface area contributed by atoms with E-state index in [0.717, 1.165) is 0 Å². The van der Waals surface area contributed by atoms with Gasteiger partial charge in [0.15, 0.2) is 0 Å². The number of esters is 1. The lowest BCUT2D eigenvalue weighted by Gasteiger charge is -2.10. The van der Waals surface area contributed by atoms with Crippen molar-refractivity contribution in [1.82, 2.24) is 4.98 Å². The lowest BCUT2D eigenvalue weighted by Crippen LogP contribution is -2.17. The fraction of sp³-hybridized carbons (Fsp3) is 0.250. The number of halogens is 4. The van der Waals surface area contributed by atoms with E-state index < -0.39 is 9.76 Å². The van der Waals surface area contributed by atoms with Crippen LogP contribution in [0.5, 0.6) is 0 Å². The fourth-order valence-corrected chi connectivity index (χ4v) is 1.28. The Balaban J connectivity index is 2.62. The third-order valence-electron chi connectivity index (χ3n) is 1.31. The van der Waals surface area contributed by atoms with Crippen LogP contribution in [0.2, 0.25) is 0 Å². The minimum absolute atomic E-state index is 0.290. The quantitative estimate of drug-likeness (QED) is 0.615. The summed E-state index contributed by atoms with van der Waals surface area (Å²) in [5.41, 5.74) is 0.290. The Labute approximate surface area is 110 Å². The first-order chi connectivity index (χ1) is 6.88. The zero-order valence-corrected chi connectivity index (χ0v) is 11.1. The molecule has 7 heteroatoms. The molecule has 0 fully saturated rings. The maximum atomic E-state index is 11.4. The summed E-state index contributed by atoms with van der Waals surface area (Å²) in [6, 6.07) is 1.56. The van der Waals surface area contributed by atoms with Crippen LogP contribution >= 0.6 is 50.7 Å². The fourth-order valence-electron chi connectivity index (χ4n) is 0.754. The van der Waals surface area contributed by atoms with Gasteiger partial charge in [0.1, 0.15) is 6.61 Å². The van der Waals surface area contributed by atoms with Crippen LogP contribution in [-0.2, 0) is 4.74 Å². The van der Waals surface area contributed by atoms with Crippen molar-refractivity contribution >= 4 is 56.7 Å². The summed E-state index contributed by atoms with van der Waals surface area (Å²) in [5.74, 6) is -0.588. The molecule has 0 aliphatic heterocycles. The number of ether oxygens (including phenoxy) is 1. The highest BCUT2D eigenvalue weighted by molar-refractivity contribution is 9.10. The smallest absolute Gasteiger partial charge is 0.339 e. The third-order valence-corrected chi connectivity index (χ3v) is 2.07. The largest absolute Gasteiger partial charge is 0.457 e. The van der Waals surface area contributed by atoms with E-state index in [2.05, 4.69) is 20.9 Å². The first kappa shape index (κ1) is 13.0. The molecule has 1 aromatic heterocycles. The molecular formula is C8H5BrCl3NO2. The maximum absolute atomic E-state index is 11.4. The van der Waals surface area contributed by atoms with E-state index in [1.165, 1.54) is 6.20 Å². The van der Waals surface area contributed by atoms with Crippen molar-refractivity contribution in [2.75, 3.05) is 6.61 Å². The van der Waals surface area contributed by atoms with Gasteiger partial charge in [0.25, 0.3) is 0 Å². The van der Waals surface area contributed by atoms with Gasteiger partial charge in [-0.3, -0.25) is 4.98 Å². The highest BCUT2D eigenvalue weighted by Crippen LogP contribution is 2.26. The lowest BCUT2D eigenvalue weighted by molar-refractivity contribution is 0.0511. The number of hydrogen-bond donors (Lipinski definition) is 0. The Morgan fingerprint density at radius 1 is 1.47 bits per heavy atom. The van der Waals surface area contributed by atoms with E-state index in [4.69, 9.17) is 39.5 Å². The molecule has 1 heterocycles. The number of aromatic nitrogens is 1. The van der Waals surface area contributed by atoms with Gasteiger partial charge < -0.3 is 4.74 Å². The van der Waals surface area contributed by atoms with Crippen LogP contribution in [-0.4, -0.2) is 21.4 Å². The molecule has 1 rings (SSSR count). The van der Waals surface area contributed by atoms with Crippen molar-refractivity contribution in [3.63, 3.8) is 0 Å². The van der Waals surface area contributed by atoms with Crippen molar-refractivity contribution in [2.24, 2.45) is 0 Å². The average molecular weight is 333 g/mol. The molecule has 0 spiro atoms.